The minimum absolute atomic E-state index is 0.669. The summed E-state index contributed by atoms with van der Waals surface area (Å²) in [5.74, 6) is 2.36. The van der Waals surface area contributed by atoms with Gasteiger partial charge in [0.1, 0.15) is 5.76 Å². The van der Waals surface area contributed by atoms with E-state index in [0.717, 1.165) is 43.5 Å². The summed E-state index contributed by atoms with van der Waals surface area (Å²) in [4.78, 5) is 4.30. The molecular formula is C13H24N2O2. The summed E-state index contributed by atoms with van der Waals surface area (Å²) in [6.07, 6.45) is 1.12. The predicted octanol–water partition coefficient (Wildman–Crippen LogP) is 2.44. The van der Waals surface area contributed by atoms with E-state index in [9.17, 15) is 0 Å². The van der Waals surface area contributed by atoms with E-state index in [2.05, 4.69) is 24.1 Å². The highest BCUT2D eigenvalue weighted by Crippen LogP contribution is 2.07. The fourth-order valence-corrected chi connectivity index (χ4v) is 1.38. The zero-order chi connectivity index (χ0) is 12.7. The van der Waals surface area contributed by atoms with E-state index >= 15 is 0 Å². The molecule has 0 aliphatic rings. The van der Waals surface area contributed by atoms with Crippen LogP contribution in [0.3, 0.4) is 0 Å². The standard InChI is InChI=1S/C13H24N2O2/c1-10(2)5-7-16-8-6-14-9-13-15-11(3)12(4)17-13/h10,14H,5-9H2,1-4H3. The third-order valence-electron chi connectivity index (χ3n) is 2.61. The molecule has 0 aromatic carbocycles. The molecule has 17 heavy (non-hydrogen) atoms. The van der Waals surface area contributed by atoms with E-state index in [1.165, 1.54) is 0 Å². The fourth-order valence-electron chi connectivity index (χ4n) is 1.38. The minimum atomic E-state index is 0.669. The second kappa shape index (κ2) is 7.45. The van der Waals surface area contributed by atoms with Gasteiger partial charge in [0.25, 0.3) is 0 Å². The van der Waals surface area contributed by atoms with Crippen molar-refractivity contribution in [2.75, 3.05) is 19.8 Å². The van der Waals surface area contributed by atoms with Crippen molar-refractivity contribution in [1.29, 1.82) is 0 Å². The Morgan fingerprint density at radius 3 is 2.65 bits per heavy atom. The molecule has 0 unspecified atom stereocenters. The molecule has 0 saturated heterocycles. The first-order valence-corrected chi connectivity index (χ1v) is 6.31. The molecule has 1 rings (SSSR count). The number of nitrogens with zero attached hydrogens (tertiary/aromatic N) is 1. The average molecular weight is 240 g/mol. The Hall–Kier alpha value is -0.870. The molecule has 1 aromatic rings. The van der Waals surface area contributed by atoms with Crippen molar-refractivity contribution < 1.29 is 9.15 Å². The highest BCUT2D eigenvalue weighted by atomic mass is 16.5. The van der Waals surface area contributed by atoms with Crippen LogP contribution in [-0.4, -0.2) is 24.7 Å². The molecule has 0 fully saturated rings. The van der Waals surface area contributed by atoms with Crippen LogP contribution in [0.4, 0.5) is 0 Å². The topological polar surface area (TPSA) is 47.3 Å². The van der Waals surface area contributed by atoms with Gasteiger partial charge in [0, 0.05) is 13.2 Å². The van der Waals surface area contributed by atoms with E-state index in [-0.39, 0.29) is 0 Å². The summed E-state index contributed by atoms with van der Waals surface area (Å²) < 4.78 is 11.0. The molecule has 0 amide bonds. The maximum atomic E-state index is 5.50. The second-order valence-corrected chi connectivity index (χ2v) is 4.72. The minimum Gasteiger partial charge on any atom is -0.444 e. The van der Waals surface area contributed by atoms with Crippen molar-refractivity contribution in [3.8, 4) is 0 Å². The number of hydrogen-bond acceptors (Lipinski definition) is 4. The van der Waals surface area contributed by atoms with Crippen molar-refractivity contribution in [1.82, 2.24) is 10.3 Å². The van der Waals surface area contributed by atoms with Gasteiger partial charge in [0.05, 0.1) is 18.8 Å². The SMILES string of the molecule is Cc1nc(CNCCOCCC(C)C)oc1C. The second-order valence-electron chi connectivity index (χ2n) is 4.72. The van der Waals surface area contributed by atoms with Crippen molar-refractivity contribution in [2.45, 2.75) is 40.7 Å². The summed E-state index contributed by atoms with van der Waals surface area (Å²) in [5, 5.41) is 3.25. The normalized spacial score (nSPS) is 11.4. The first-order chi connectivity index (χ1) is 8.09. The van der Waals surface area contributed by atoms with Gasteiger partial charge in [-0.15, -0.1) is 0 Å². The summed E-state index contributed by atoms with van der Waals surface area (Å²) in [6.45, 7) is 11.4. The Bertz CT molecular complexity index is 302. The molecule has 0 atom stereocenters. The summed E-state index contributed by atoms with van der Waals surface area (Å²) in [7, 11) is 0. The largest absolute Gasteiger partial charge is 0.444 e. The monoisotopic (exact) mass is 240 g/mol. The summed E-state index contributed by atoms with van der Waals surface area (Å²) >= 11 is 0. The Kier molecular flexibility index (Phi) is 6.22. The number of aryl methyl sites for hydroxylation is 2. The molecule has 98 valence electrons. The maximum Gasteiger partial charge on any atom is 0.208 e. The molecule has 4 heteroatoms. The van der Waals surface area contributed by atoms with Gasteiger partial charge in [0.2, 0.25) is 5.89 Å². The van der Waals surface area contributed by atoms with Gasteiger partial charge < -0.3 is 14.5 Å². The number of hydrogen-bond donors (Lipinski definition) is 1. The Morgan fingerprint density at radius 2 is 2.06 bits per heavy atom. The van der Waals surface area contributed by atoms with Gasteiger partial charge in [-0.3, -0.25) is 0 Å². The zero-order valence-electron chi connectivity index (χ0n) is 11.4. The van der Waals surface area contributed by atoms with E-state index in [4.69, 9.17) is 9.15 Å². The zero-order valence-corrected chi connectivity index (χ0v) is 11.4. The molecule has 0 radical (unpaired) electrons. The lowest BCUT2D eigenvalue weighted by atomic mass is 10.1. The van der Waals surface area contributed by atoms with Gasteiger partial charge >= 0.3 is 0 Å². The van der Waals surface area contributed by atoms with Crippen LogP contribution in [0.1, 0.15) is 37.6 Å². The van der Waals surface area contributed by atoms with E-state index in [1.807, 2.05) is 13.8 Å². The van der Waals surface area contributed by atoms with Crippen LogP contribution < -0.4 is 5.32 Å². The third kappa shape index (κ3) is 5.84. The van der Waals surface area contributed by atoms with Crippen molar-refractivity contribution >= 4 is 0 Å². The molecule has 0 aliphatic heterocycles. The number of rotatable bonds is 8. The smallest absolute Gasteiger partial charge is 0.208 e. The third-order valence-corrected chi connectivity index (χ3v) is 2.61. The highest BCUT2D eigenvalue weighted by molar-refractivity contribution is 5.04. The van der Waals surface area contributed by atoms with Crippen LogP contribution in [0.25, 0.3) is 0 Å². The summed E-state index contributed by atoms with van der Waals surface area (Å²) in [5.41, 5.74) is 0.968. The number of oxazole rings is 1. The quantitative estimate of drug-likeness (QED) is 0.709. The predicted molar refractivity (Wildman–Crippen MR) is 68.0 cm³/mol. The van der Waals surface area contributed by atoms with Gasteiger partial charge in [0.15, 0.2) is 0 Å². The average Bonchev–Trinajstić information content (AvgIpc) is 2.56. The molecule has 1 N–H and O–H groups in total. The van der Waals surface area contributed by atoms with Crippen LogP contribution in [0, 0.1) is 19.8 Å². The Labute approximate surface area is 104 Å². The van der Waals surface area contributed by atoms with Gasteiger partial charge in [-0.2, -0.15) is 0 Å². The summed E-state index contributed by atoms with van der Waals surface area (Å²) in [6, 6.07) is 0. The molecule has 0 spiro atoms. The van der Waals surface area contributed by atoms with Crippen molar-refractivity contribution in [2.24, 2.45) is 5.92 Å². The van der Waals surface area contributed by atoms with Crippen LogP contribution >= 0.6 is 0 Å². The lowest BCUT2D eigenvalue weighted by Crippen LogP contribution is -2.19. The molecule has 0 saturated carbocycles. The van der Waals surface area contributed by atoms with E-state index in [1.54, 1.807) is 0 Å². The molecule has 0 bridgehead atoms. The number of nitrogens with one attached hydrogen (secondary N) is 1. The molecular weight excluding hydrogens is 216 g/mol. The number of aromatic nitrogens is 1. The molecule has 0 aliphatic carbocycles. The lowest BCUT2D eigenvalue weighted by molar-refractivity contribution is 0.124. The maximum absolute atomic E-state index is 5.50. The van der Waals surface area contributed by atoms with Gasteiger partial charge in [-0.25, -0.2) is 4.98 Å². The van der Waals surface area contributed by atoms with Crippen molar-refractivity contribution in [3.05, 3.63) is 17.3 Å². The Morgan fingerprint density at radius 1 is 1.29 bits per heavy atom. The van der Waals surface area contributed by atoms with Crippen molar-refractivity contribution in [3.63, 3.8) is 0 Å². The highest BCUT2D eigenvalue weighted by Gasteiger charge is 2.04. The molecule has 1 heterocycles. The fraction of sp³-hybridized carbons (Fsp3) is 0.769. The lowest BCUT2D eigenvalue weighted by Gasteiger charge is -2.06. The first-order valence-electron chi connectivity index (χ1n) is 6.31. The van der Waals surface area contributed by atoms with E-state index < -0.39 is 0 Å². The van der Waals surface area contributed by atoms with Crippen LogP contribution in [-0.2, 0) is 11.3 Å². The molecule has 4 nitrogen and oxygen atoms in total. The van der Waals surface area contributed by atoms with E-state index in [0.29, 0.717) is 12.5 Å². The Balaban J connectivity index is 2.01. The van der Waals surface area contributed by atoms with Crippen LogP contribution in [0.5, 0.6) is 0 Å². The van der Waals surface area contributed by atoms with Crippen LogP contribution in [0.2, 0.25) is 0 Å². The van der Waals surface area contributed by atoms with Crippen LogP contribution in [0.15, 0.2) is 4.42 Å². The first kappa shape index (κ1) is 14.2. The molecule has 1 aromatic heterocycles. The van der Waals surface area contributed by atoms with Gasteiger partial charge in [-0.1, -0.05) is 13.8 Å². The number of ether oxygens (including phenoxy) is 1. The van der Waals surface area contributed by atoms with Gasteiger partial charge in [-0.05, 0) is 26.2 Å².